The first-order chi connectivity index (χ1) is 26.3. The van der Waals surface area contributed by atoms with Crippen LogP contribution in [0.3, 0.4) is 0 Å². The second kappa shape index (κ2) is 22.6. The molecule has 55 heavy (non-hydrogen) atoms. The molecule has 1 fully saturated rings. The summed E-state index contributed by atoms with van der Waals surface area (Å²) in [6.07, 6.45) is 4.36. The molecular weight excluding hydrogens is 735 g/mol. The highest BCUT2D eigenvalue weighted by atomic mass is 32.1. The molecule has 6 amide bonds. The second-order valence-corrected chi connectivity index (χ2v) is 14.3. The van der Waals surface area contributed by atoms with Crippen molar-refractivity contribution in [1.29, 1.82) is 0 Å². The highest BCUT2D eigenvalue weighted by Crippen LogP contribution is 2.20. The summed E-state index contributed by atoms with van der Waals surface area (Å²) in [5.41, 5.74) is 7.14. The third-order valence-electron chi connectivity index (χ3n) is 9.08. The van der Waals surface area contributed by atoms with E-state index in [0.29, 0.717) is 37.9 Å². The number of hydrogen-bond donors (Lipinski definition) is 12. The number of benzene rings is 1. The van der Waals surface area contributed by atoms with Crippen molar-refractivity contribution in [2.45, 2.75) is 95.0 Å². The largest absolute Gasteiger partial charge is 0.480 e. The van der Waals surface area contributed by atoms with E-state index in [1.54, 1.807) is 6.20 Å². The van der Waals surface area contributed by atoms with Crippen LogP contribution in [0.5, 0.6) is 0 Å². The van der Waals surface area contributed by atoms with E-state index in [1.807, 2.05) is 38.1 Å². The van der Waals surface area contributed by atoms with Crippen LogP contribution in [0.1, 0.15) is 57.9 Å². The van der Waals surface area contributed by atoms with Gasteiger partial charge in [-0.1, -0.05) is 32.0 Å². The number of aliphatic hydroxyl groups excluding tert-OH is 1. The SMILES string of the molecule is CC(C)C[C@H](NC(=O)CNC(=O)[C@@H]1CCCN1)C(=O)N[C@@H](Cc1c[nH]c2ccccc12)C(=O)N[C@@H](CCCCN)C(=O)N[C@@H](CO)C(=O)N[C@@H](CS)C(=O)O. The molecule has 1 aromatic carbocycles. The quantitative estimate of drug-likeness (QED) is 0.0440. The number of H-pyrrole nitrogens is 1. The fraction of sp³-hybridized carbons (Fsp3) is 0.583. The summed E-state index contributed by atoms with van der Waals surface area (Å²) in [6.45, 7) is 3.51. The van der Waals surface area contributed by atoms with Crippen molar-refractivity contribution in [3.63, 3.8) is 0 Å². The number of fused-ring (bicyclic) bond motifs is 1. The van der Waals surface area contributed by atoms with Crippen LogP contribution in [0, 0.1) is 5.92 Å². The van der Waals surface area contributed by atoms with Gasteiger partial charge in [-0.05, 0) is 69.2 Å². The number of nitrogens with one attached hydrogen (secondary N) is 8. The average Bonchev–Trinajstić information content (AvgIpc) is 3.84. The van der Waals surface area contributed by atoms with Crippen LogP contribution in [0.4, 0.5) is 0 Å². The lowest BCUT2D eigenvalue weighted by Crippen LogP contribution is -2.60. The van der Waals surface area contributed by atoms with Crippen molar-refractivity contribution < 1.29 is 43.8 Å². The van der Waals surface area contributed by atoms with Gasteiger partial charge in [0, 0.05) is 29.3 Å². The number of aliphatic hydroxyl groups is 1. The van der Waals surface area contributed by atoms with Gasteiger partial charge in [-0.25, -0.2) is 4.79 Å². The molecule has 19 heteroatoms. The summed E-state index contributed by atoms with van der Waals surface area (Å²) in [5.74, 6) is -5.78. The van der Waals surface area contributed by atoms with Gasteiger partial charge in [-0.3, -0.25) is 28.8 Å². The number of nitrogens with two attached hydrogens (primary N) is 1. The number of carbonyl (C=O) groups is 7. The molecule has 0 bridgehead atoms. The number of hydrogen-bond acceptors (Lipinski definition) is 11. The van der Waals surface area contributed by atoms with Gasteiger partial charge in [0.15, 0.2) is 0 Å². The molecule has 3 rings (SSSR count). The van der Waals surface area contributed by atoms with E-state index < -0.39 is 72.3 Å². The van der Waals surface area contributed by atoms with E-state index in [0.717, 1.165) is 17.3 Å². The van der Waals surface area contributed by atoms with E-state index >= 15 is 0 Å². The number of aliphatic carboxylic acids is 1. The van der Waals surface area contributed by atoms with E-state index in [2.05, 4.69) is 54.8 Å². The number of thiol groups is 1. The van der Waals surface area contributed by atoms with Crippen LogP contribution in [-0.2, 0) is 40.0 Å². The van der Waals surface area contributed by atoms with Crippen molar-refractivity contribution >= 4 is 64.9 Å². The van der Waals surface area contributed by atoms with Crippen molar-refractivity contribution in [3.05, 3.63) is 36.0 Å². The molecule has 1 saturated heterocycles. The average molecular weight is 790 g/mol. The minimum absolute atomic E-state index is 0.0203. The van der Waals surface area contributed by atoms with Crippen LogP contribution in [-0.4, -0.2) is 125 Å². The first-order valence-electron chi connectivity index (χ1n) is 18.5. The molecule has 1 aromatic heterocycles. The molecule has 1 aliphatic rings. The molecule has 0 radical (unpaired) electrons. The number of carbonyl (C=O) groups excluding carboxylic acids is 6. The van der Waals surface area contributed by atoms with E-state index in [9.17, 15) is 43.8 Å². The minimum Gasteiger partial charge on any atom is -0.480 e. The number of unbranched alkanes of at least 4 members (excludes halogenated alkanes) is 1. The number of para-hydroxylation sites is 1. The van der Waals surface area contributed by atoms with E-state index in [4.69, 9.17) is 5.73 Å². The van der Waals surface area contributed by atoms with E-state index in [-0.39, 0.29) is 49.4 Å². The fourth-order valence-electron chi connectivity index (χ4n) is 6.11. The van der Waals surface area contributed by atoms with Gasteiger partial charge in [0.1, 0.15) is 30.2 Å². The third kappa shape index (κ3) is 14.1. The number of carboxylic acids is 1. The lowest BCUT2D eigenvalue weighted by atomic mass is 10.00. The number of carboxylic acid groups (broad SMARTS) is 1. The maximum absolute atomic E-state index is 14.1. The Hall–Kier alpha value is -4.72. The lowest BCUT2D eigenvalue weighted by molar-refractivity contribution is -0.142. The topological polar surface area (TPSA) is 286 Å². The van der Waals surface area contributed by atoms with Gasteiger partial charge in [0.25, 0.3) is 0 Å². The maximum Gasteiger partial charge on any atom is 0.327 e. The smallest absolute Gasteiger partial charge is 0.327 e. The van der Waals surface area contributed by atoms with Crippen LogP contribution < -0.4 is 43.0 Å². The van der Waals surface area contributed by atoms with Crippen LogP contribution in [0.2, 0.25) is 0 Å². The molecule has 1 aliphatic heterocycles. The zero-order valence-electron chi connectivity index (χ0n) is 31.2. The highest BCUT2D eigenvalue weighted by molar-refractivity contribution is 7.80. The number of amides is 6. The summed E-state index contributed by atoms with van der Waals surface area (Å²) in [6, 6.07) is 0.441. The zero-order chi connectivity index (χ0) is 40.5. The molecule has 0 saturated carbocycles. The zero-order valence-corrected chi connectivity index (χ0v) is 32.1. The Balaban J connectivity index is 1.83. The molecular formula is C36H55N9O9S. The van der Waals surface area contributed by atoms with Gasteiger partial charge < -0.3 is 58.1 Å². The molecule has 0 unspecified atom stereocenters. The first-order valence-corrected chi connectivity index (χ1v) is 19.1. The standard InChI is InChI=1S/C36H55N9O9S/c1-20(2)14-26(41-30(47)17-40-31(48)24-11-7-13-38-24)33(50)43-27(15-21-16-39-23-9-4-3-8-22(21)23)34(51)42-25(10-5-6-12-37)32(49)44-28(18-46)35(52)45-29(19-55)36(53)54/h3-4,8-9,16,20,24-29,38-39,46,55H,5-7,10-15,17-19,37H2,1-2H3,(H,40,48)(H,41,47)(H,42,51)(H,43,50)(H,44,49)(H,45,52)(H,53,54)/t24-,25-,26-,27-,28-,29-/m0/s1. The van der Waals surface area contributed by atoms with Gasteiger partial charge >= 0.3 is 5.97 Å². The van der Waals surface area contributed by atoms with Gasteiger partial charge in [-0.15, -0.1) is 0 Å². The number of aromatic amines is 1. The van der Waals surface area contributed by atoms with Crippen molar-refractivity contribution in [2.24, 2.45) is 11.7 Å². The normalized spacial score (nSPS) is 16.7. The van der Waals surface area contributed by atoms with Crippen molar-refractivity contribution in [2.75, 3.05) is 32.0 Å². The highest BCUT2D eigenvalue weighted by Gasteiger charge is 2.33. The van der Waals surface area contributed by atoms with Crippen LogP contribution in [0.25, 0.3) is 10.9 Å². The Bertz CT molecular complexity index is 1630. The Labute approximate surface area is 325 Å². The van der Waals surface area contributed by atoms with E-state index in [1.165, 1.54) is 0 Å². The Morgan fingerprint density at radius 1 is 0.873 bits per heavy atom. The Morgan fingerprint density at radius 2 is 1.51 bits per heavy atom. The molecule has 6 atom stereocenters. The van der Waals surface area contributed by atoms with Crippen LogP contribution in [0.15, 0.2) is 30.5 Å². The molecule has 2 heterocycles. The minimum atomic E-state index is -1.55. The molecule has 18 nitrogen and oxygen atoms in total. The van der Waals surface area contributed by atoms with Crippen molar-refractivity contribution in [3.8, 4) is 0 Å². The van der Waals surface area contributed by atoms with Crippen LogP contribution >= 0.6 is 12.6 Å². The number of rotatable bonds is 23. The molecule has 304 valence electrons. The summed E-state index contributed by atoms with van der Waals surface area (Å²) in [7, 11) is 0. The lowest BCUT2D eigenvalue weighted by Gasteiger charge is -2.27. The predicted octanol–water partition coefficient (Wildman–Crippen LogP) is -1.82. The second-order valence-electron chi connectivity index (χ2n) is 13.9. The van der Waals surface area contributed by atoms with Crippen molar-refractivity contribution in [1.82, 2.24) is 42.2 Å². The Morgan fingerprint density at radius 3 is 2.15 bits per heavy atom. The summed E-state index contributed by atoms with van der Waals surface area (Å²) in [4.78, 5) is 94.3. The molecule has 12 N–H and O–H groups in total. The monoisotopic (exact) mass is 789 g/mol. The first kappa shape index (κ1) is 44.7. The molecule has 0 aliphatic carbocycles. The Kier molecular flexibility index (Phi) is 18.4. The van der Waals surface area contributed by atoms with Gasteiger partial charge in [-0.2, -0.15) is 12.6 Å². The summed E-state index contributed by atoms with van der Waals surface area (Å²) >= 11 is 3.91. The fourth-order valence-corrected chi connectivity index (χ4v) is 6.35. The maximum atomic E-state index is 14.1. The molecule has 2 aromatic rings. The van der Waals surface area contributed by atoms with Gasteiger partial charge in [0.2, 0.25) is 35.4 Å². The predicted molar refractivity (Wildman–Crippen MR) is 207 cm³/mol. The number of aromatic nitrogens is 1. The van der Waals surface area contributed by atoms with Gasteiger partial charge in [0.05, 0.1) is 19.2 Å². The third-order valence-corrected chi connectivity index (χ3v) is 9.45. The summed E-state index contributed by atoms with van der Waals surface area (Å²) in [5, 5.41) is 38.3. The summed E-state index contributed by atoms with van der Waals surface area (Å²) < 4.78 is 0. The molecule has 0 spiro atoms.